The minimum Gasteiger partial charge on any atom is -0.221 e. The SMILES string of the molecule is OOO.[Ti]. The van der Waals surface area contributed by atoms with Gasteiger partial charge in [0.15, 0.2) is 0 Å². The van der Waals surface area contributed by atoms with Crippen LogP contribution in [-0.4, -0.2) is 10.5 Å². The molecule has 0 saturated heterocycles. The third kappa shape index (κ3) is 18.7. The normalized spacial score (nSPS) is 4.50. The van der Waals surface area contributed by atoms with Crippen LogP contribution in [0.3, 0.4) is 0 Å². The summed E-state index contributed by atoms with van der Waals surface area (Å²) in [6.07, 6.45) is 0. The maximum atomic E-state index is 6.62. The molecule has 0 aromatic heterocycles. The van der Waals surface area contributed by atoms with E-state index in [1.807, 2.05) is 0 Å². The van der Waals surface area contributed by atoms with Crippen LogP contribution < -0.4 is 0 Å². The monoisotopic (exact) mass is 97.9 g/mol. The van der Waals surface area contributed by atoms with E-state index < -0.39 is 0 Å². The maximum absolute atomic E-state index is 6.62. The minimum atomic E-state index is 0. The van der Waals surface area contributed by atoms with Crippen molar-refractivity contribution < 1.29 is 37.3 Å². The zero-order chi connectivity index (χ0) is 2.71. The smallest absolute Gasteiger partial charge is 0 e. The molecule has 0 rings (SSSR count). The Morgan fingerprint density at radius 2 is 1.25 bits per heavy atom. The Labute approximate surface area is 37.9 Å². The first kappa shape index (κ1) is 8.82. The molecule has 0 saturated carbocycles. The van der Waals surface area contributed by atoms with Gasteiger partial charge in [0.2, 0.25) is 0 Å². The first-order valence-electron chi connectivity index (χ1n) is 0.365. The summed E-state index contributed by atoms with van der Waals surface area (Å²) in [7, 11) is 0. The molecule has 0 aliphatic heterocycles. The van der Waals surface area contributed by atoms with Crippen molar-refractivity contribution in [2.75, 3.05) is 0 Å². The molecular formula is H2O3Ti. The van der Waals surface area contributed by atoms with Crippen LogP contribution in [0.25, 0.3) is 0 Å². The Kier molecular flexibility index (Phi) is 21.0. The van der Waals surface area contributed by atoms with Crippen molar-refractivity contribution >= 4 is 0 Å². The molecule has 0 radical (unpaired) electrons. The van der Waals surface area contributed by atoms with Crippen LogP contribution in [0.4, 0.5) is 0 Å². The third-order valence-corrected chi connectivity index (χ3v) is 0. The Bertz CT molecular complexity index is 3.25. The van der Waals surface area contributed by atoms with Gasteiger partial charge >= 0.3 is 0 Å². The van der Waals surface area contributed by atoms with E-state index in [1.165, 1.54) is 0 Å². The van der Waals surface area contributed by atoms with Crippen molar-refractivity contribution in [2.45, 2.75) is 0 Å². The van der Waals surface area contributed by atoms with Gasteiger partial charge in [0.1, 0.15) is 0 Å². The second-order valence-corrected chi connectivity index (χ2v) is 0.0816. The molecule has 0 aromatic carbocycles. The summed E-state index contributed by atoms with van der Waals surface area (Å²) >= 11 is 0. The van der Waals surface area contributed by atoms with Crippen molar-refractivity contribution in [3.05, 3.63) is 0 Å². The van der Waals surface area contributed by atoms with E-state index in [1.54, 1.807) is 0 Å². The summed E-state index contributed by atoms with van der Waals surface area (Å²) < 4.78 is 0. The molecule has 0 atom stereocenters. The first-order valence-corrected chi connectivity index (χ1v) is 0.365. The van der Waals surface area contributed by atoms with Crippen molar-refractivity contribution in [1.82, 2.24) is 0 Å². The molecule has 0 aliphatic carbocycles. The minimum absolute atomic E-state index is 0. The van der Waals surface area contributed by atoms with E-state index in [0.717, 1.165) is 0 Å². The zero-order valence-corrected chi connectivity index (χ0v) is 3.36. The molecular weight excluding hydrogens is 95.9 g/mol. The second kappa shape index (κ2) is 9.52. The molecule has 4 heavy (non-hydrogen) atoms. The quantitative estimate of drug-likeness (QED) is 0.253. The molecule has 0 bridgehead atoms. The van der Waals surface area contributed by atoms with E-state index in [0.29, 0.717) is 0 Å². The summed E-state index contributed by atoms with van der Waals surface area (Å²) in [6.45, 7) is 0. The standard InChI is InChI=1S/H2O3.Ti/c1-3-2;/h1-2H;. The van der Waals surface area contributed by atoms with Gasteiger partial charge in [-0.3, -0.25) is 0 Å². The van der Waals surface area contributed by atoms with Gasteiger partial charge in [-0.15, -0.1) is 0 Å². The maximum Gasteiger partial charge on any atom is 0 e. The predicted octanol–water partition coefficient (Wildman–Crippen LogP) is -0.0535. The molecule has 0 unspecified atom stereocenters. The summed E-state index contributed by atoms with van der Waals surface area (Å²) in [5.74, 6) is 0. The predicted molar refractivity (Wildman–Crippen MR) is 6.34 cm³/mol. The molecule has 0 aliphatic rings. The van der Waals surface area contributed by atoms with Gasteiger partial charge in [-0.05, 0) is 0 Å². The molecule has 0 fully saturated rings. The summed E-state index contributed by atoms with van der Waals surface area (Å²) in [4.78, 5) is 0. The first-order chi connectivity index (χ1) is 1.41. The van der Waals surface area contributed by atoms with Gasteiger partial charge < -0.3 is 0 Å². The van der Waals surface area contributed by atoms with Crippen molar-refractivity contribution in [3.63, 3.8) is 0 Å². The average molecular weight is 97.9 g/mol. The van der Waals surface area contributed by atoms with E-state index in [-0.39, 0.29) is 21.7 Å². The van der Waals surface area contributed by atoms with Crippen LogP contribution in [0.1, 0.15) is 0 Å². The second-order valence-electron chi connectivity index (χ2n) is 0.0816. The van der Waals surface area contributed by atoms with E-state index in [9.17, 15) is 0 Å². The van der Waals surface area contributed by atoms with Gasteiger partial charge in [0, 0.05) is 21.7 Å². The summed E-state index contributed by atoms with van der Waals surface area (Å²) in [6, 6.07) is 0. The van der Waals surface area contributed by atoms with Crippen LogP contribution in [0.5, 0.6) is 0 Å². The summed E-state index contributed by atoms with van der Waals surface area (Å²) in [5.41, 5.74) is 0. The fraction of sp³-hybridized carbons (Fsp3) is 0. The van der Waals surface area contributed by atoms with Gasteiger partial charge in [0.25, 0.3) is 0 Å². The van der Waals surface area contributed by atoms with Crippen LogP contribution in [0, 0.1) is 0 Å². The van der Waals surface area contributed by atoms with Crippen LogP contribution >= 0.6 is 0 Å². The largest absolute Gasteiger partial charge is 0.221 e. The van der Waals surface area contributed by atoms with Gasteiger partial charge in [-0.25, -0.2) is 10.5 Å². The Morgan fingerprint density at radius 3 is 1.25 bits per heavy atom. The number of hydrogen-bond donors (Lipinski definition) is 2. The third-order valence-electron chi connectivity index (χ3n) is 0. The van der Waals surface area contributed by atoms with Crippen LogP contribution in [0.2, 0.25) is 0 Å². The molecule has 0 spiro atoms. The molecule has 0 aromatic rings. The fourth-order valence-corrected chi connectivity index (χ4v) is 0. The van der Waals surface area contributed by atoms with Gasteiger partial charge in [-0.1, -0.05) is 5.04 Å². The number of hydrogen-bond acceptors (Lipinski definition) is 3. The Balaban J connectivity index is 0. The summed E-state index contributed by atoms with van der Waals surface area (Å²) in [5, 5.41) is 15.5. The molecule has 24 valence electrons. The van der Waals surface area contributed by atoms with Gasteiger partial charge in [0.05, 0.1) is 0 Å². The van der Waals surface area contributed by atoms with Crippen molar-refractivity contribution in [1.29, 1.82) is 0 Å². The average Bonchev–Trinajstić information content (AvgIpc) is 0.918. The van der Waals surface area contributed by atoms with Gasteiger partial charge in [-0.2, -0.15) is 0 Å². The fourth-order valence-electron chi connectivity index (χ4n) is 0. The van der Waals surface area contributed by atoms with E-state index in [4.69, 9.17) is 10.5 Å². The van der Waals surface area contributed by atoms with Crippen LogP contribution in [-0.2, 0) is 26.8 Å². The molecule has 2 N–H and O–H groups in total. The molecule has 3 nitrogen and oxygen atoms in total. The van der Waals surface area contributed by atoms with Crippen LogP contribution in [0.15, 0.2) is 0 Å². The van der Waals surface area contributed by atoms with Crippen molar-refractivity contribution in [2.24, 2.45) is 0 Å². The van der Waals surface area contributed by atoms with E-state index in [2.05, 4.69) is 5.04 Å². The molecule has 0 heterocycles. The van der Waals surface area contributed by atoms with E-state index >= 15 is 0 Å². The zero-order valence-electron chi connectivity index (χ0n) is 1.80. The molecule has 4 heteroatoms. The molecule has 0 amide bonds. The number of rotatable bonds is 0. The topological polar surface area (TPSA) is 49.7 Å². The Hall–Kier alpha value is 0.594. The van der Waals surface area contributed by atoms with Crippen molar-refractivity contribution in [3.8, 4) is 0 Å². The Morgan fingerprint density at radius 1 is 1.25 bits per heavy atom.